The first-order chi connectivity index (χ1) is 4.75. The largest absolute Gasteiger partial charge is 0.479 e. The Hall–Kier alpha value is -0.393. The van der Waals surface area contributed by atoms with Gasteiger partial charge in [-0.15, -0.1) is 0 Å². The van der Waals surface area contributed by atoms with Crippen molar-refractivity contribution < 1.29 is 19.4 Å². The number of carboxylic acid groups (broad SMARTS) is 1. The Morgan fingerprint density at radius 1 is 1.45 bits per heavy atom. The monoisotopic (exact) mass is 178 g/mol. The molecule has 11 heavy (non-hydrogen) atoms. The van der Waals surface area contributed by atoms with Crippen LogP contribution in [-0.4, -0.2) is 37.9 Å². The minimum atomic E-state index is -1.49. The number of rotatable bonds is 3. The third-order valence-electron chi connectivity index (χ3n) is 1.98. The van der Waals surface area contributed by atoms with Crippen molar-refractivity contribution >= 4 is 16.5 Å². The summed E-state index contributed by atoms with van der Waals surface area (Å²) in [5.74, 6) is -1.14. The molecule has 0 rings (SSSR count). The number of aliphatic carboxylic acids is 1. The Kier molecular flexibility index (Phi) is 2.82. The lowest BCUT2D eigenvalue weighted by Gasteiger charge is -2.35. The van der Waals surface area contributed by atoms with Crippen LogP contribution in [0.3, 0.4) is 0 Å². The Balaban J connectivity index is 4.75. The van der Waals surface area contributed by atoms with E-state index in [0.717, 1.165) is 0 Å². The topological polar surface area (TPSA) is 66.8 Å². The second kappa shape index (κ2) is 2.92. The van der Waals surface area contributed by atoms with Crippen LogP contribution in [0.4, 0.5) is 0 Å². The molecule has 0 aliphatic heterocycles. The summed E-state index contributed by atoms with van der Waals surface area (Å²) in [6.07, 6.45) is 0. The molecule has 0 fully saturated rings. The lowest BCUT2D eigenvalue weighted by molar-refractivity contribution is -0.174. The number of hydrogen-bond acceptors (Lipinski definition) is 3. The van der Waals surface area contributed by atoms with Gasteiger partial charge in [-0.3, -0.25) is 0 Å². The van der Waals surface area contributed by atoms with Crippen molar-refractivity contribution in [3.63, 3.8) is 0 Å². The van der Waals surface area contributed by atoms with Crippen LogP contribution in [0.1, 0.15) is 20.8 Å². The second-order valence-electron chi connectivity index (χ2n) is 3.10. The van der Waals surface area contributed by atoms with Crippen LogP contribution in [0.15, 0.2) is 0 Å². The first kappa shape index (κ1) is 10.6. The van der Waals surface area contributed by atoms with Gasteiger partial charge in [0.25, 0.3) is 0 Å². The molecule has 0 amide bonds. The van der Waals surface area contributed by atoms with Gasteiger partial charge in [0.2, 0.25) is 0 Å². The van der Waals surface area contributed by atoms with Gasteiger partial charge in [-0.1, -0.05) is 0 Å². The molecule has 0 heterocycles. The normalized spacial score (nSPS) is 17.8. The fourth-order valence-corrected chi connectivity index (χ4v) is 1.27. The molecule has 0 aromatic rings. The molecule has 0 aromatic carbocycles. The van der Waals surface area contributed by atoms with E-state index in [9.17, 15) is 9.90 Å². The zero-order chi connectivity index (χ0) is 9.28. The highest BCUT2D eigenvalue weighted by molar-refractivity contribution is 6.00. The van der Waals surface area contributed by atoms with E-state index < -0.39 is 17.2 Å². The van der Waals surface area contributed by atoms with E-state index in [1.54, 1.807) is 0 Å². The summed E-state index contributed by atoms with van der Waals surface area (Å²) in [5, 5.41) is 18.1. The van der Waals surface area contributed by atoms with Crippen molar-refractivity contribution in [3.05, 3.63) is 0 Å². The lowest BCUT2D eigenvalue weighted by Crippen LogP contribution is -2.55. The van der Waals surface area contributed by atoms with Crippen LogP contribution in [0.25, 0.3) is 0 Å². The SMILES string of the molecule is CC(C)(O)C(C)(O[SiH3])C(=O)O. The summed E-state index contributed by atoms with van der Waals surface area (Å²) >= 11 is 0. The molecule has 0 aliphatic rings. The number of carboxylic acids is 1. The Labute approximate surface area is 68.7 Å². The van der Waals surface area contributed by atoms with Crippen LogP contribution >= 0.6 is 0 Å². The molecule has 1 atom stereocenters. The van der Waals surface area contributed by atoms with Gasteiger partial charge in [0.1, 0.15) is 10.5 Å². The Bertz CT molecular complexity index is 162. The highest BCUT2D eigenvalue weighted by atomic mass is 28.2. The first-order valence-electron chi connectivity index (χ1n) is 3.26. The van der Waals surface area contributed by atoms with Gasteiger partial charge < -0.3 is 14.6 Å². The Morgan fingerprint density at radius 3 is 1.82 bits per heavy atom. The molecule has 0 saturated heterocycles. The molecule has 0 spiro atoms. The summed E-state index contributed by atoms with van der Waals surface area (Å²) in [6, 6.07) is 0. The van der Waals surface area contributed by atoms with Crippen LogP contribution in [0.5, 0.6) is 0 Å². The van der Waals surface area contributed by atoms with Crippen LogP contribution in [0.2, 0.25) is 0 Å². The van der Waals surface area contributed by atoms with Crippen LogP contribution in [-0.2, 0) is 9.22 Å². The molecular weight excluding hydrogens is 164 g/mol. The van der Waals surface area contributed by atoms with Crippen LogP contribution in [0, 0.1) is 0 Å². The number of aliphatic hydroxyl groups is 1. The van der Waals surface area contributed by atoms with Crippen molar-refractivity contribution in [2.75, 3.05) is 0 Å². The minimum absolute atomic E-state index is 0.285. The average molecular weight is 178 g/mol. The molecule has 1 unspecified atom stereocenters. The fourth-order valence-electron chi connectivity index (χ4n) is 0.599. The fraction of sp³-hybridized carbons (Fsp3) is 0.833. The van der Waals surface area contributed by atoms with Crippen molar-refractivity contribution in [2.45, 2.75) is 32.0 Å². The van der Waals surface area contributed by atoms with Crippen molar-refractivity contribution in [1.82, 2.24) is 0 Å². The molecule has 0 bridgehead atoms. The zero-order valence-corrected chi connectivity index (χ0v) is 9.21. The predicted molar refractivity (Wildman–Crippen MR) is 43.4 cm³/mol. The lowest BCUT2D eigenvalue weighted by atomic mass is 9.88. The maximum atomic E-state index is 10.6. The molecule has 5 heteroatoms. The molecule has 66 valence electrons. The maximum absolute atomic E-state index is 10.6. The number of carbonyl (C=O) groups is 1. The molecule has 4 nitrogen and oxygen atoms in total. The minimum Gasteiger partial charge on any atom is -0.479 e. The molecule has 0 radical (unpaired) electrons. The summed E-state index contributed by atoms with van der Waals surface area (Å²) in [6.45, 7) is 4.19. The van der Waals surface area contributed by atoms with E-state index in [1.807, 2.05) is 0 Å². The molecular formula is C6H14O4Si. The zero-order valence-electron chi connectivity index (χ0n) is 7.21. The molecule has 0 saturated carbocycles. The summed E-state index contributed by atoms with van der Waals surface area (Å²) in [4.78, 5) is 10.6. The van der Waals surface area contributed by atoms with E-state index in [0.29, 0.717) is 0 Å². The molecule has 0 aliphatic carbocycles. The van der Waals surface area contributed by atoms with E-state index in [-0.39, 0.29) is 10.5 Å². The quantitative estimate of drug-likeness (QED) is 0.538. The van der Waals surface area contributed by atoms with Gasteiger partial charge in [-0.2, -0.15) is 0 Å². The van der Waals surface area contributed by atoms with Gasteiger partial charge in [0.05, 0.1) is 5.60 Å². The second-order valence-corrected chi connectivity index (χ2v) is 3.51. The van der Waals surface area contributed by atoms with E-state index in [4.69, 9.17) is 9.53 Å². The van der Waals surface area contributed by atoms with E-state index in [1.165, 1.54) is 20.8 Å². The molecule has 2 N–H and O–H groups in total. The number of hydrogen-bond donors (Lipinski definition) is 2. The van der Waals surface area contributed by atoms with Gasteiger partial charge >= 0.3 is 5.97 Å². The predicted octanol–water partition coefficient (Wildman–Crippen LogP) is -1.10. The van der Waals surface area contributed by atoms with Gasteiger partial charge in [0.15, 0.2) is 5.60 Å². The van der Waals surface area contributed by atoms with Gasteiger partial charge in [-0.05, 0) is 20.8 Å². The average Bonchev–Trinajstić information content (AvgIpc) is 1.83. The first-order valence-corrected chi connectivity index (χ1v) is 4.08. The summed E-state index contributed by atoms with van der Waals surface area (Å²) < 4.78 is 4.85. The molecule has 0 aromatic heterocycles. The van der Waals surface area contributed by atoms with Crippen molar-refractivity contribution in [2.24, 2.45) is 0 Å². The smallest absolute Gasteiger partial charge is 0.337 e. The third kappa shape index (κ3) is 1.79. The van der Waals surface area contributed by atoms with Crippen molar-refractivity contribution in [1.29, 1.82) is 0 Å². The summed E-state index contributed by atoms with van der Waals surface area (Å²) in [5.41, 5.74) is -2.85. The van der Waals surface area contributed by atoms with E-state index in [2.05, 4.69) is 0 Å². The summed E-state index contributed by atoms with van der Waals surface area (Å²) in [7, 11) is 0.285. The van der Waals surface area contributed by atoms with Gasteiger partial charge in [-0.25, -0.2) is 4.79 Å². The Morgan fingerprint density at radius 2 is 1.82 bits per heavy atom. The highest BCUT2D eigenvalue weighted by Gasteiger charge is 2.46. The standard InChI is InChI=1S/C6H14O4Si/c1-5(2,9)6(3,10-11)4(7)8/h9H,1-3,11H3,(H,7,8). The van der Waals surface area contributed by atoms with Crippen LogP contribution < -0.4 is 0 Å². The highest BCUT2D eigenvalue weighted by Crippen LogP contribution is 2.24. The van der Waals surface area contributed by atoms with E-state index >= 15 is 0 Å². The third-order valence-corrected chi connectivity index (χ3v) is 2.80. The van der Waals surface area contributed by atoms with Gasteiger partial charge in [0, 0.05) is 0 Å². The maximum Gasteiger partial charge on any atom is 0.337 e. The van der Waals surface area contributed by atoms with Crippen molar-refractivity contribution in [3.8, 4) is 0 Å².